The molecule has 0 saturated carbocycles. The van der Waals surface area contributed by atoms with Crippen LogP contribution in [-0.2, 0) is 22.4 Å². The van der Waals surface area contributed by atoms with E-state index < -0.39 is 5.60 Å². The first-order valence-electron chi connectivity index (χ1n) is 8.88. The highest BCUT2D eigenvalue weighted by atomic mass is 16.5. The Morgan fingerprint density at radius 1 is 1.35 bits per heavy atom. The van der Waals surface area contributed by atoms with E-state index in [4.69, 9.17) is 9.26 Å². The van der Waals surface area contributed by atoms with Crippen LogP contribution in [0.15, 0.2) is 28.8 Å². The zero-order valence-electron chi connectivity index (χ0n) is 15.3. The summed E-state index contributed by atoms with van der Waals surface area (Å²) in [5.41, 5.74) is 1.51. The van der Waals surface area contributed by atoms with Crippen LogP contribution in [0.3, 0.4) is 0 Å². The summed E-state index contributed by atoms with van der Waals surface area (Å²) >= 11 is 0. The monoisotopic (exact) mass is 359 g/mol. The van der Waals surface area contributed by atoms with Crippen molar-refractivity contribution >= 4 is 5.91 Å². The van der Waals surface area contributed by atoms with Crippen molar-refractivity contribution in [3.8, 4) is 0 Å². The zero-order valence-corrected chi connectivity index (χ0v) is 15.3. The number of morpholine rings is 1. The van der Waals surface area contributed by atoms with Gasteiger partial charge in [-0.1, -0.05) is 29.4 Å². The van der Waals surface area contributed by atoms with Crippen LogP contribution < -0.4 is 0 Å². The number of aromatic nitrogens is 2. The molecule has 1 aromatic carbocycles. The molecule has 1 unspecified atom stereocenters. The molecule has 1 aliphatic heterocycles. The van der Waals surface area contributed by atoms with E-state index in [0.29, 0.717) is 50.7 Å². The van der Waals surface area contributed by atoms with Gasteiger partial charge in [-0.25, -0.2) is 0 Å². The highest BCUT2D eigenvalue weighted by Crippen LogP contribution is 2.25. The molecule has 0 radical (unpaired) electrons. The number of hydrogen-bond donors (Lipinski definition) is 1. The average molecular weight is 359 g/mol. The second-order valence-corrected chi connectivity index (χ2v) is 6.84. The number of rotatable bonds is 6. The molecule has 1 amide bonds. The van der Waals surface area contributed by atoms with Gasteiger partial charge in [-0.15, -0.1) is 0 Å². The van der Waals surface area contributed by atoms with Crippen LogP contribution in [-0.4, -0.2) is 58.0 Å². The Kier molecular flexibility index (Phi) is 5.68. The molecule has 1 fully saturated rings. The highest BCUT2D eigenvalue weighted by molar-refractivity contribution is 5.76. The van der Waals surface area contributed by atoms with Crippen molar-refractivity contribution in [2.75, 3.05) is 26.3 Å². The molecule has 2 aromatic rings. The molecule has 0 bridgehead atoms. The Labute approximate surface area is 153 Å². The SMILES string of the molecule is Cc1noc(CCC(=O)N2CCOC(CO)(Cc3ccccc3C)C2)n1. The number of nitrogens with zero attached hydrogens (tertiary/aromatic N) is 3. The molecule has 3 rings (SSSR count). The third kappa shape index (κ3) is 4.28. The second-order valence-electron chi connectivity index (χ2n) is 6.84. The summed E-state index contributed by atoms with van der Waals surface area (Å²) in [6.45, 7) is 4.97. The van der Waals surface area contributed by atoms with Gasteiger partial charge in [-0.3, -0.25) is 4.79 Å². The lowest BCUT2D eigenvalue weighted by atomic mass is 9.91. The molecule has 26 heavy (non-hydrogen) atoms. The van der Waals surface area contributed by atoms with E-state index in [-0.39, 0.29) is 12.5 Å². The minimum atomic E-state index is -0.763. The van der Waals surface area contributed by atoms with Crippen molar-refractivity contribution in [1.82, 2.24) is 15.0 Å². The number of aryl methyl sites for hydroxylation is 3. The summed E-state index contributed by atoms with van der Waals surface area (Å²) in [5.74, 6) is 1.04. The molecule has 7 heteroatoms. The highest BCUT2D eigenvalue weighted by Gasteiger charge is 2.38. The molecule has 1 saturated heterocycles. The number of carbonyl (C=O) groups is 1. The smallest absolute Gasteiger partial charge is 0.227 e. The number of carbonyl (C=O) groups excluding carboxylic acids is 1. The van der Waals surface area contributed by atoms with E-state index in [2.05, 4.69) is 10.1 Å². The number of aliphatic hydroxyl groups excluding tert-OH is 1. The van der Waals surface area contributed by atoms with Gasteiger partial charge in [0.1, 0.15) is 5.60 Å². The third-order valence-corrected chi connectivity index (χ3v) is 4.79. The van der Waals surface area contributed by atoms with Crippen LogP contribution in [0.25, 0.3) is 0 Å². The van der Waals surface area contributed by atoms with Gasteiger partial charge < -0.3 is 19.3 Å². The topological polar surface area (TPSA) is 88.7 Å². The van der Waals surface area contributed by atoms with E-state index >= 15 is 0 Å². The minimum absolute atomic E-state index is 0.00626. The molecule has 1 aromatic heterocycles. The summed E-state index contributed by atoms with van der Waals surface area (Å²) < 4.78 is 11.0. The molecule has 0 spiro atoms. The summed E-state index contributed by atoms with van der Waals surface area (Å²) in [5, 5.41) is 13.7. The van der Waals surface area contributed by atoms with Crippen molar-refractivity contribution in [1.29, 1.82) is 0 Å². The first-order valence-corrected chi connectivity index (χ1v) is 8.88. The fourth-order valence-corrected chi connectivity index (χ4v) is 3.29. The van der Waals surface area contributed by atoms with Crippen molar-refractivity contribution in [2.24, 2.45) is 0 Å². The predicted octanol–water partition coefficient (Wildman–Crippen LogP) is 1.45. The fourth-order valence-electron chi connectivity index (χ4n) is 3.29. The van der Waals surface area contributed by atoms with Gasteiger partial charge in [0.05, 0.1) is 19.8 Å². The van der Waals surface area contributed by atoms with Gasteiger partial charge in [0, 0.05) is 25.8 Å². The summed E-state index contributed by atoms with van der Waals surface area (Å²) in [6.07, 6.45) is 1.29. The summed E-state index contributed by atoms with van der Waals surface area (Å²) in [6, 6.07) is 8.04. The fraction of sp³-hybridized carbons (Fsp3) is 0.526. The van der Waals surface area contributed by atoms with E-state index in [9.17, 15) is 9.90 Å². The van der Waals surface area contributed by atoms with Crippen LogP contribution in [0.4, 0.5) is 0 Å². The number of amides is 1. The number of aliphatic hydroxyl groups is 1. The van der Waals surface area contributed by atoms with Crippen LogP contribution in [0.2, 0.25) is 0 Å². The summed E-state index contributed by atoms with van der Waals surface area (Å²) in [4.78, 5) is 18.5. The summed E-state index contributed by atoms with van der Waals surface area (Å²) in [7, 11) is 0. The van der Waals surface area contributed by atoms with Gasteiger partial charge >= 0.3 is 0 Å². The van der Waals surface area contributed by atoms with Gasteiger partial charge in [0.25, 0.3) is 0 Å². The van der Waals surface area contributed by atoms with Gasteiger partial charge in [0.15, 0.2) is 5.82 Å². The Morgan fingerprint density at radius 2 is 2.15 bits per heavy atom. The standard InChI is InChI=1S/C19H25N3O4/c1-14-5-3-4-6-16(14)11-19(13-23)12-22(9-10-25-19)18(24)8-7-17-20-15(2)21-26-17/h3-6,23H,7-13H2,1-2H3. The maximum atomic E-state index is 12.6. The van der Waals surface area contributed by atoms with Crippen molar-refractivity contribution < 1.29 is 19.2 Å². The Morgan fingerprint density at radius 3 is 2.85 bits per heavy atom. The van der Waals surface area contributed by atoms with E-state index in [0.717, 1.165) is 11.1 Å². The predicted molar refractivity (Wildman–Crippen MR) is 94.6 cm³/mol. The van der Waals surface area contributed by atoms with E-state index in [1.165, 1.54) is 0 Å². The van der Waals surface area contributed by atoms with Crippen LogP contribution in [0.5, 0.6) is 0 Å². The molecule has 2 heterocycles. The Hall–Kier alpha value is -2.25. The molecular weight excluding hydrogens is 334 g/mol. The second kappa shape index (κ2) is 7.97. The third-order valence-electron chi connectivity index (χ3n) is 4.79. The normalized spacial score (nSPS) is 20.3. The Bertz CT molecular complexity index is 761. The molecule has 1 aliphatic rings. The van der Waals surface area contributed by atoms with E-state index in [1.807, 2.05) is 31.2 Å². The molecule has 1 N–H and O–H groups in total. The number of benzene rings is 1. The zero-order chi connectivity index (χ0) is 18.6. The minimum Gasteiger partial charge on any atom is -0.393 e. The van der Waals surface area contributed by atoms with Crippen molar-refractivity contribution in [3.05, 3.63) is 47.1 Å². The maximum absolute atomic E-state index is 12.6. The average Bonchev–Trinajstić information content (AvgIpc) is 3.07. The molecule has 0 aliphatic carbocycles. The first-order chi connectivity index (χ1) is 12.5. The van der Waals surface area contributed by atoms with Gasteiger partial charge in [0.2, 0.25) is 11.8 Å². The van der Waals surface area contributed by atoms with Crippen LogP contribution in [0, 0.1) is 13.8 Å². The number of hydrogen-bond acceptors (Lipinski definition) is 6. The van der Waals surface area contributed by atoms with Crippen molar-refractivity contribution in [3.63, 3.8) is 0 Å². The lowest BCUT2D eigenvalue weighted by molar-refractivity contribution is -0.158. The van der Waals surface area contributed by atoms with Crippen molar-refractivity contribution in [2.45, 2.75) is 38.7 Å². The first kappa shape index (κ1) is 18.5. The Balaban J connectivity index is 1.64. The molecule has 1 atom stereocenters. The van der Waals surface area contributed by atoms with Crippen LogP contribution in [0.1, 0.15) is 29.3 Å². The maximum Gasteiger partial charge on any atom is 0.227 e. The quantitative estimate of drug-likeness (QED) is 0.840. The molecular formula is C19H25N3O4. The lowest BCUT2D eigenvalue weighted by Gasteiger charge is -2.42. The van der Waals surface area contributed by atoms with E-state index in [1.54, 1.807) is 11.8 Å². The largest absolute Gasteiger partial charge is 0.393 e. The lowest BCUT2D eigenvalue weighted by Crippen LogP contribution is -2.56. The van der Waals surface area contributed by atoms with Gasteiger partial charge in [-0.2, -0.15) is 4.98 Å². The van der Waals surface area contributed by atoms with Crippen LogP contribution >= 0.6 is 0 Å². The molecule has 140 valence electrons. The molecule has 7 nitrogen and oxygen atoms in total. The number of ether oxygens (including phenoxy) is 1. The van der Waals surface area contributed by atoms with Gasteiger partial charge in [-0.05, 0) is 25.0 Å².